The molecule has 0 aromatic heterocycles. The average Bonchev–Trinajstić information content (AvgIpc) is 2.85. The summed E-state index contributed by atoms with van der Waals surface area (Å²) >= 11 is 0. The van der Waals surface area contributed by atoms with Gasteiger partial charge in [-0.3, -0.25) is 51.3 Å². The van der Waals surface area contributed by atoms with Crippen LogP contribution >= 0.6 is 0 Å². The zero-order valence-electron chi connectivity index (χ0n) is 18.7. The number of carbonyl (C=O) groups is 1. The SMILES string of the molecule is CCOC(=O)C(C=CC=NNc1ccc([N+](=O)[O-])cc1[N+](=O)[O-])=NNc1ccc([N+](=O)[O-])cc1[N+](=O)[O-]. The van der Waals surface area contributed by atoms with Gasteiger partial charge in [0.2, 0.25) is 0 Å². The first-order chi connectivity index (χ1) is 17.5. The van der Waals surface area contributed by atoms with Gasteiger partial charge < -0.3 is 4.74 Å². The van der Waals surface area contributed by atoms with E-state index in [0.29, 0.717) is 6.07 Å². The van der Waals surface area contributed by atoms with Gasteiger partial charge in [0, 0.05) is 18.3 Å². The molecule has 0 heterocycles. The zero-order chi connectivity index (χ0) is 27.5. The molecule has 2 aromatic rings. The number of ether oxygens (including phenoxy) is 1. The summed E-state index contributed by atoms with van der Waals surface area (Å²) in [6.45, 7) is 1.50. The third kappa shape index (κ3) is 7.60. The molecule has 0 saturated carbocycles. The maximum atomic E-state index is 12.2. The molecule has 192 valence electrons. The third-order valence-corrected chi connectivity index (χ3v) is 4.16. The second-order valence-corrected chi connectivity index (χ2v) is 6.51. The van der Waals surface area contributed by atoms with Gasteiger partial charge in [0.1, 0.15) is 11.4 Å². The molecule has 37 heavy (non-hydrogen) atoms. The Labute approximate surface area is 205 Å². The lowest BCUT2D eigenvalue weighted by atomic mass is 10.2. The van der Waals surface area contributed by atoms with Crippen molar-refractivity contribution in [3.63, 3.8) is 0 Å². The largest absolute Gasteiger partial charge is 0.461 e. The lowest BCUT2D eigenvalue weighted by Crippen LogP contribution is -2.17. The number of hydrogen-bond donors (Lipinski definition) is 2. The highest BCUT2D eigenvalue weighted by Gasteiger charge is 2.20. The molecule has 0 aliphatic rings. The number of anilines is 2. The minimum atomic E-state index is -0.928. The Morgan fingerprint density at radius 3 is 1.84 bits per heavy atom. The van der Waals surface area contributed by atoms with Crippen molar-refractivity contribution in [2.45, 2.75) is 6.92 Å². The Morgan fingerprint density at radius 2 is 1.38 bits per heavy atom. The van der Waals surface area contributed by atoms with Crippen LogP contribution in [-0.4, -0.2) is 44.2 Å². The maximum absolute atomic E-state index is 12.2. The maximum Gasteiger partial charge on any atom is 0.358 e. The lowest BCUT2D eigenvalue weighted by Gasteiger charge is -2.05. The van der Waals surface area contributed by atoms with Crippen LogP contribution in [0.1, 0.15) is 6.92 Å². The third-order valence-electron chi connectivity index (χ3n) is 4.16. The number of non-ortho nitro benzene ring substituents is 2. The Kier molecular flexibility index (Phi) is 9.34. The summed E-state index contributed by atoms with van der Waals surface area (Å²) in [5.74, 6) is -0.928. The standard InChI is InChI=1S/C19H16N8O10/c1-2-37-19(28)16(23-22-15-8-6-13(25(31)32)11-18(15)27(35)36)4-3-9-20-21-14-7-5-12(24(29)30)10-17(14)26(33)34/h3-11,21-22H,2H2,1H3. The van der Waals surface area contributed by atoms with E-state index in [0.717, 1.165) is 42.6 Å². The van der Waals surface area contributed by atoms with Gasteiger partial charge in [0.05, 0.1) is 38.4 Å². The minimum absolute atomic E-state index is 0.0250. The Morgan fingerprint density at radius 1 is 0.865 bits per heavy atom. The molecule has 0 aliphatic heterocycles. The van der Waals surface area contributed by atoms with Crippen molar-refractivity contribution in [2.75, 3.05) is 17.5 Å². The molecule has 18 heteroatoms. The molecule has 0 radical (unpaired) electrons. The Bertz CT molecular complexity index is 1340. The first-order valence-electron chi connectivity index (χ1n) is 9.87. The number of carbonyl (C=O) groups excluding carboxylic acids is 1. The number of esters is 1. The van der Waals surface area contributed by atoms with Crippen LogP contribution in [0.5, 0.6) is 0 Å². The summed E-state index contributed by atoms with van der Waals surface area (Å²) in [6.07, 6.45) is 3.33. The molecule has 0 aliphatic carbocycles. The van der Waals surface area contributed by atoms with Gasteiger partial charge >= 0.3 is 17.3 Å². The lowest BCUT2D eigenvalue weighted by molar-refractivity contribution is -0.393. The molecule has 0 atom stereocenters. The Balaban J connectivity index is 2.24. The fourth-order valence-electron chi connectivity index (χ4n) is 2.52. The topological polar surface area (TPSA) is 248 Å². The van der Waals surface area contributed by atoms with Gasteiger partial charge in [-0.1, -0.05) is 0 Å². The number of allylic oxidation sites excluding steroid dienone is 1. The van der Waals surface area contributed by atoms with Crippen LogP contribution in [0.3, 0.4) is 0 Å². The molecule has 18 nitrogen and oxygen atoms in total. The molecular formula is C19H16N8O10. The molecule has 2 rings (SSSR count). The molecule has 0 fully saturated rings. The highest BCUT2D eigenvalue weighted by Crippen LogP contribution is 2.29. The van der Waals surface area contributed by atoms with Gasteiger partial charge in [0.15, 0.2) is 5.71 Å². The monoisotopic (exact) mass is 516 g/mol. The molecule has 0 unspecified atom stereocenters. The summed E-state index contributed by atoms with van der Waals surface area (Å²) in [6, 6.07) is 5.63. The van der Waals surface area contributed by atoms with E-state index >= 15 is 0 Å². The van der Waals surface area contributed by atoms with Crippen LogP contribution in [0.2, 0.25) is 0 Å². The van der Waals surface area contributed by atoms with E-state index in [-0.39, 0.29) is 23.7 Å². The van der Waals surface area contributed by atoms with Crippen molar-refractivity contribution < 1.29 is 29.2 Å². The van der Waals surface area contributed by atoms with E-state index in [1.165, 1.54) is 13.0 Å². The fourth-order valence-corrected chi connectivity index (χ4v) is 2.52. The molecule has 2 N–H and O–H groups in total. The molecule has 0 saturated heterocycles. The van der Waals surface area contributed by atoms with Crippen molar-refractivity contribution in [1.82, 2.24) is 0 Å². The molecule has 0 bridgehead atoms. The van der Waals surface area contributed by atoms with Gasteiger partial charge in [0.25, 0.3) is 11.4 Å². The van der Waals surface area contributed by atoms with E-state index in [1.807, 2.05) is 0 Å². The molecule has 2 aromatic carbocycles. The quantitative estimate of drug-likeness (QED) is 0.178. The highest BCUT2D eigenvalue weighted by atomic mass is 16.6. The van der Waals surface area contributed by atoms with E-state index in [4.69, 9.17) is 4.74 Å². The predicted molar refractivity (Wildman–Crippen MR) is 128 cm³/mol. The number of rotatable bonds is 12. The Hall–Kier alpha value is -5.81. The van der Waals surface area contributed by atoms with E-state index in [2.05, 4.69) is 21.1 Å². The highest BCUT2D eigenvalue weighted by molar-refractivity contribution is 6.41. The first-order valence-corrected chi connectivity index (χ1v) is 9.87. The first kappa shape index (κ1) is 27.4. The van der Waals surface area contributed by atoms with Crippen molar-refractivity contribution in [1.29, 1.82) is 0 Å². The number of nitrogens with one attached hydrogen (secondary N) is 2. The number of nitrogens with zero attached hydrogens (tertiary/aromatic N) is 6. The summed E-state index contributed by atoms with van der Waals surface area (Å²) in [5.41, 5.74) is 1.57. The van der Waals surface area contributed by atoms with Gasteiger partial charge in [-0.25, -0.2) is 4.79 Å². The number of hydrogen-bond acceptors (Lipinski definition) is 14. The van der Waals surface area contributed by atoms with Crippen molar-refractivity contribution >= 4 is 52.0 Å². The predicted octanol–water partition coefficient (Wildman–Crippen LogP) is 3.30. The number of hydrazone groups is 2. The fraction of sp³-hybridized carbons (Fsp3) is 0.105. The number of benzene rings is 2. The zero-order valence-corrected chi connectivity index (χ0v) is 18.7. The van der Waals surface area contributed by atoms with Crippen LogP contribution in [-0.2, 0) is 9.53 Å². The number of nitro groups is 4. The average molecular weight is 516 g/mol. The molecular weight excluding hydrogens is 500 g/mol. The summed E-state index contributed by atoms with van der Waals surface area (Å²) in [4.78, 5) is 52.9. The van der Waals surface area contributed by atoms with Crippen LogP contribution in [0.4, 0.5) is 34.1 Å². The van der Waals surface area contributed by atoms with Gasteiger partial charge in [-0.05, 0) is 31.2 Å². The van der Waals surface area contributed by atoms with Gasteiger partial charge in [-0.2, -0.15) is 10.2 Å². The van der Waals surface area contributed by atoms with Crippen LogP contribution in [0, 0.1) is 40.5 Å². The second-order valence-electron chi connectivity index (χ2n) is 6.51. The van der Waals surface area contributed by atoms with Crippen molar-refractivity contribution in [2.24, 2.45) is 10.2 Å². The molecule has 0 amide bonds. The summed E-state index contributed by atoms with van der Waals surface area (Å²) in [7, 11) is 0. The van der Waals surface area contributed by atoms with E-state index < -0.39 is 48.4 Å². The normalized spacial score (nSPS) is 11.3. The smallest absolute Gasteiger partial charge is 0.358 e. The van der Waals surface area contributed by atoms with Crippen molar-refractivity contribution in [3.8, 4) is 0 Å². The summed E-state index contributed by atoms with van der Waals surface area (Å²) in [5, 5.41) is 51.5. The van der Waals surface area contributed by atoms with Crippen LogP contribution in [0.25, 0.3) is 0 Å². The number of nitro benzene ring substituents is 4. The van der Waals surface area contributed by atoms with Crippen LogP contribution < -0.4 is 10.9 Å². The van der Waals surface area contributed by atoms with E-state index in [1.54, 1.807) is 0 Å². The molecule has 0 spiro atoms. The van der Waals surface area contributed by atoms with Gasteiger partial charge in [-0.15, -0.1) is 0 Å². The van der Waals surface area contributed by atoms with E-state index in [9.17, 15) is 45.3 Å². The van der Waals surface area contributed by atoms with Crippen LogP contribution in [0.15, 0.2) is 58.8 Å². The second kappa shape index (κ2) is 12.6. The minimum Gasteiger partial charge on any atom is -0.461 e. The summed E-state index contributed by atoms with van der Waals surface area (Å²) < 4.78 is 4.85. The van der Waals surface area contributed by atoms with Crippen molar-refractivity contribution in [3.05, 3.63) is 89.0 Å².